The zero-order chi connectivity index (χ0) is 15.1. The van der Waals surface area contributed by atoms with Gasteiger partial charge in [0.2, 0.25) is 0 Å². The molecule has 0 aromatic heterocycles. The molecule has 4 nitrogen and oxygen atoms in total. The van der Waals surface area contributed by atoms with Crippen LogP contribution >= 0.6 is 0 Å². The number of hydrogen-bond donors (Lipinski definition) is 1. The highest BCUT2D eigenvalue weighted by molar-refractivity contribution is 5.34. The van der Waals surface area contributed by atoms with Gasteiger partial charge in [-0.3, -0.25) is 0 Å². The largest absolute Gasteiger partial charge is 0.496 e. The lowest BCUT2D eigenvalue weighted by Gasteiger charge is -2.36. The topological polar surface area (TPSA) is 33.7 Å². The lowest BCUT2D eigenvalue weighted by Crippen LogP contribution is -2.52. The van der Waals surface area contributed by atoms with Gasteiger partial charge < -0.3 is 19.7 Å². The predicted octanol–water partition coefficient (Wildman–Crippen LogP) is 1.94. The smallest absolute Gasteiger partial charge is 0.122 e. The summed E-state index contributed by atoms with van der Waals surface area (Å²) in [5, 5.41) is 3.65. The van der Waals surface area contributed by atoms with Gasteiger partial charge >= 0.3 is 0 Å². The molecule has 0 radical (unpaired) electrons. The molecule has 1 heterocycles. The molecule has 1 fully saturated rings. The summed E-state index contributed by atoms with van der Waals surface area (Å²) in [6.45, 7) is 6.03. The van der Waals surface area contributed by atoms with Gasteiger partial charge in [0.05, 0.1) is 19.8 Å². The van der Waals surface area contributed by atoms with Crippen LogP contribution < -0.4 is 10.1 Å². The average molecular weight is 292 g/mol. The SMILES string of the molecule is CCCNC(Cc1ccccc1OC)C1CN(C)CCO1. The van der Waals surface area contributed by atoms with E-state index >= 15 is 0 Å². The third-order valence-corrected chi connectivity index (χ3v) is 4.03. The van der Waals surface area contributed by atoms with Gasteiger partial charge in [-0.25, -0.2) is 0 Å². The van der Waals surface area contributed by atoms with E-state index in [1.54, 1.807) is 7.11 Å². The first kappa shape index (κ1) is 16.3. The molecule has 2 rings (SSSR count). The second kappa shape index (κ2) is 8.37. The molecule has 21 heavy (non-hydrogen) atoms. The Balaban J connectivity index is 2.08. The Morgan fingerprint density at radius 2 is 2.24 bits per heavy atom. The maximum atomic E-state index is 6.01. The Hall–Kier alpha value is -1.10. The maximum absolute atomic E-state index is 6.01. The first-order valence-electron chi connectivity index (χ1n) is 7.90. The van der Waals surface area contributed by atoms with Gasteiger partial charge in [0, 0.05) is 19.1 Å². The van der Waals surface area contributed by atoms with E-state index in [4.69, 9.17) is 9.47 Å². The van der Waals surface area contributed by atoms with Crippen molar-refractivity contribution >= 4 is 0 Å². The van der Waals surface area contributed by atoms with Crippen LogP contribution in [0.25, 0.3) is 0 Å². The highest BCUT2D eigenvalue weighted by atomic mass is 16.5. The molecule has 0 saturated carbocycles. The van der Waals surface area contributed by atoms with Crippen molar-refractivity contribution in [3.63, 3.8) is 0 Å². The summed E-state index contributed by atoms with van der Waals surface area (Å²) in [6, 6.07) is 8.58. The van der Waals surface area contributed by atoms with Crippen molar-refractivity contribution in [1.82, 2.24) is 10.2 Å². The van der Waals surface area contributed by atoms with Crippen LogP contribution in [0.2, 0.25) is 0 Å². The Morgan fingerprint density at radius 1 is 1.43 bits per heavy atom. The van der Waals surface area contributed by atoms with E-state index in [1.165, 1.54) is 5.56 Å². The molecule has 1 aliphatic rings. The van der Waals surface area contributed by atoms with Crippen LogP contribution in [0.15, 0.2) is 24.3 Å². The minimum Gasteiger partial charge on any atom is -0.496 e. The van der Waals surface area contributed by atoms with E-state index in [-0.39, 0.29) is 6.10 Å². The number of nitrogens with zero attached hydrogens (tertiary/aromatic N) is 1. The highest BCUT2D eigenvalue weighted by Gasteiger charge is 2.27. The number of hydrogen-bond acceptors (Lipinski definition) is 4. The molecule has 1 N–H and O–H groups in total. The fraction of sp³-hybridized carbons (Fsp3) is 0.647. The lowest BCUT2D eigenvalue weighted by atomic mass is 9.99. The van der Waals surface area contributed by atoms with Gasteiger partial charge in [-0.1, -0.05) is 25.1 Å². The second-order valence-corrected chi connectivity index (χ2v) is 5.75. The van der Waals surface area contributed by atoms with Crippen molar-refractivity contribution in [2.75, 3.05) is 40.4 Å². The van der Waals surface area contributed by atoms with Crippen LogP contribution in [0, 0.1) is 0 Å². The number of morpholine rings is 1. The van der Waals surface area contributed by atoms with Crippen molar-refractivity contribution in [3.8, 4) is 5.75 Å². The Labute approximate surface area is 128 Å². The number of para-hydroxylation sites is 1. The van der Waals surface area contributed by atoms with Crippen LogP contribution in [-0.4, -0.2) is 57.4 Å². The monoisotopic (exact) mass is 292 g/mol. The maximum Gasteiger partial charge on any atom is 0.122 e. The van der Waals surface area contributed by atoms with E-state index in [9.17, 15) is 0 Å². The fourth-order valence-corrected chi connectivity index (χ4v) is 2.83. The van der Waals surface area contributed by atoms with Gasteiger partial charge in [0.1, 0.15) is 5.75 Å². The summed E-state index contributed by atoms with van der Waals surface area (Å²) < 4.78 is 11.5. The van der Waals surface area contributed by atoms with Crippen molar-refractivity contribution < 1.29 is 9.47 Å². The number of ether oxygens (including phenoxy) is 2. The van der Waals surface area contributed by atoms with Crippen molar-refractivity contribution in [2.45, 2.75) is 31.9 Å². The van der Waals surface area contributed by atoms with E-state index in [0.29, 0.717) is 6.04 Å². The lowest BCUT2D eigenvalue weighted by molar-refractivity contribution is -0.0384. The summed E-state index contributed by atoms with van der Waals surface area (Å²) in [4.78, 5) is 2.34. The first-order valence-corrected chi connectivity index (χ1v) is 7.90. The molecule has 118 valence electrons. The van der Waals surface area contributed by atoms with Crippen LogP contribution in [0.4, 0.5) is 0 Å². The number of methoxy groups -OCH3 is 1. The molecular weight excluding hydrogens is 264 g/mol. The van der Waals surface area contributed by atoms with Crippen LogP contribution in [0.5, 0.6) is 5.75 Å². The highest BCUT2D eigenvalue weighted by Crippen LogP contribution is 2.21. The predicted molar refractivity (Wildman–Crippen MR) is 86.0 cm³/mol. The third kappa shape index (κ3) is 4.70. The number of rotatable bonds is 7. The molecule has 1 saturated heterocycles. The van der Waals surface area contributed by atoms with E-state index < -0.39 is 0 Å². The van der Waals surface area contributed by atoms with Gasteiger partial charge in [0.25, 0.3) is 0 Å². The van der Waals surface area contributed by atoms with Crippen LogP contribution in [-0.2, 0) is 11.2 Å². The first-order chi connectivity index (χ1) is 10.2. The molecule has 1 aromatic rings. The molecule has 2 atom stereocenters. The molecular formula is C17H28N2O2. The van der Waals surface area contributed by atoms with E-state index in [2.05, 4.69) is 36.3 Å². The second-order valence-electron chi connectivity index (χ2n) is 5.75. The molecule has 0 aliphatic carbocycles. The standard InChI is InChI=1S/C17H28N2O2/c1-4-9-18-15(17-13-19(2)10-11-21-17)12-14-7-5-6-8-16(14)20-3/h5-8,15,17-18H,4,9-13H2,1-3H3. The summed E-state index contributed by atoms with van der Waals surface area (Å²) in [7, 11) is 3.90. The molecule has 0 spiro atoms. The van der Waals surface area contributed by atoms with Crippen molar-refractivity contribution in [3.05, 3.63) is 29.8 Å². The van der Waals surface area contributed by atoms with E-state index in [1.807, 2.05) is 12.1 Å². The van der Waals surface area contributed by atoms with Crippen LogP contribution in [0.1, 0.15) is 18.9 Å². The van der Waals surface area contributed by atoms with Gasteiger partial charge in [0.15, 0.2) is 0 Å². The molecule has 0 amide bonds. The molecule has 1 aromatic carbocycles. The summed E-state index contributed by atoms with van der Waals surface area (Å²) >= 11 is 0. The Kier molecular flexibility index (Phi) is 6.49. The van der Waals surface area contributed by atoms with Crippen molar-refractivity contribution in [2.24, 2.45) is 0 Å². The minimum absolute atomic E-state index is 0.236. The number of nitrogens with one attached hydrogen (secondary N) is 1. The molecule has 2 unspecified atom stereocenters. The van der Waals surface area contributed by atoms with Gasteiger partial charge in [-0.2, -0.15) is 0 Å². The molecule has 0 bridgehead atoms. The van der Waals surface area contributed by atoms with Crippen molar-refractivity contribution in [1.29, 1.82) is 0 Å². The number of benzene rings is 1. The fourth-order valence-electron chi connectivity index (χ4n) is 2.83. The summed E-state index contributed by atoms with van der Waals surface area (Å²) in [5.41, 5.74) is 1.24. The van der Waals surface area contributed by atoms with Gasteiger partial charge in [-0.05, 0) is 38.1 Å². The van der Waals surface area contributed by atoms with Gasteiger partial charge in [-0.15, -0.1) is 0 Å². The average Bonchev–Trinajstić information content (AvgIpc) is 2.51. The number of likely N-dealkylation sites (N-methyl/N-ethyl adjacent to an activating group) is 1. The molecule has 4 heteroatoms. The normalized spacial score (nSPS) is 21.2. The van der Waals surface area contributed by atoms with E-state index in [0.717, 1.165) is 44.8 Å². The Bertz CT molecular complexity index is 425. The zero-order valence-electron chi connectivity index (χ0n) is 13.5. The third-order valence-electron chi connectivity index (χ3n) is 4.03. The van der Waals surface area contributed by atoms with Crippen LogP contribution in [0.3, 0.4) is 0 Å². The summed E-state index contributed by atoms with van der Waals surface area (Å²) in [5.74, 6) is 0.963. The molecule has 1 aliphatic heterocycles. The summed E-state index contributed by atoms with van der Waals surface area (Å²) in [6.07, 6.45) is 2.30. The quantitative estimate of drug-likeness (QED) is 0.833. The minimum atomic E-state index is 0.236. The zero-order valence-corrected chi connectivity index (χ0v) is 13.5. The Morgan fingerprint density at radius 3 is 2.95 bits per heavy atom.